The predicted molar refractivity (Wildman–Crippen MR) is 112 cm³/mol. The number of hydrogen-bond acceptors (Lipinski definition) is 2. The molecule has 0 radical (unpaired) electrons. The fourth-order valence-electron chi connectivity index (χ4n) is 6.89. The molecule has 1 N–H and O–H groups in total. The Bertz CT molecular complexity index is 799. The molecule has 0 spiro atoms. The van der Waals surface area contributed by atoms with Gasteiger partial charge in [-0.3, -0.25) is 4.79 Å². The first-order valence-corrected chi connectivity index (χ1v) is 10.2. The normalized spacial score (nSPS) is 30.9. The molecule has 2 aliphatic carbocycles. The van der Waals surface area contributed by atoms with E-state index in [1.165, 1.54) is 5.57 Å². The molecule has 2 nitrogen and oxygen atoms in total. The van der Waals surface area contributed by atoms with E-state index in [-0.39, 0.29) is 27.6 Å². The summed E-state index contributed by atoms with van der Waals surface area (Å²) >= 11 is 0. The zero-order chi connectivity index (χ0) is 20.6. The summed E-state index contributed by atoms with van der Waals surface area (Å²) < 4.78 is 0. The van der Waals surface area contributed by atoms with Crippen molar-refractivity contribution in [2.75, 3.05) is 0 Å². The summed E-state index contributed by atoms with van der Waals surface area (Å²) in [7, 11) is 0. The molecule has 2 saturated carbocycles. The average molecular weight is 369 g/mol. The van der Waals surface area contributed by atoms with Crippen LogP contribution in [0.1, 0.15) is 74.3 Å². The standard InChI is InChI=1S/C25H36O2/c1-21(2,3)25(22(4,5)6)19-17(14-16-12-10-11-13-18(16)26)15-24(9,20(25)27)23(19,7)8/h10-14,19,26H,15H2,1-9H3/b17-14-. The number of Topliss-reactive ketones (excluding diaryl/α,β-unsaturated/α-hetero) is 1. The maximum absolute atomic E-state index is 14.1. The fourth-order valence-corrected chi connectivity index (χ4v) is 6.89. The smallest absolute Gasteiger partial charge is 0.147 e. The summed E-state index contributed by atoms with van der Waals surface area (Å²) in [6, 6.07) is 7.50. The first kappa shape index (κ1) is 20.2. The van der Waals surface area contributed by atoms with E-state index in [0.717, 1.165) is 12.0 Å². The van der Waals surface area contributed by atoms with E-state index >= 15 is 0 Å². The number of fused-ring (bicyclic) bond motifs is 2. The predicted octanol–water partition coefficient (Wildman–Crippen LogP) is 6.49. The first-order chi connectivity index (χ1) is 12.1. The minimum Gasteiger partial charge on any atom is -0.507 e. The molecule has 2 aliphatic rings. The number of phenolic OH excluding ortho intramolecular Hbond substituents is 1. The lowest BCUT2D eigenvalue weighted by atomic mass is 9.45. The number of phenols is 1. The van der Waals surface area contributed by atoms with Crippen LogP contribution < -0.4 is 0 Å². The number of hydrogen-bond donors (Lipinski definition) is 1. The summed E-state index contributed by atoms with van der Waals surface area (Å²) in [4.78, 5) is 14.1. The Morgan fingerprint density at radius 1 is 1.00 bits per heavy atom. The lowest BCUT2D eigenvalue weighted by molar-refractivity contribution is -0.154. The van der Waals surface area contributed by atoms with Crippen molar-refractivity contribution in [1.82, 2.24) is 0 Å². The highest BCUT2D eigenvalue weighted by molar-refractivity contribution is 5.98. The average Bonchev–Trinajstić information content (AvgIpc) is 2.76. The summed E-state index contributed by atoms with van der Waals surface area (Å²) in [5.41, 5.74) is 0.875. The quantitative estimate of drug-likeness (QED) is 0.615. The van der Waals surface area contributed by atoms with E-state index in [1.807, 2.05) is 18.2 Å². The van der Waals surface area contributed by atoms with Gasteiger partial charge in [0.15, 0.2) is 0 Å². The molecule has 0 amide bonds. The number of carbonyl (C=O) groups excluding carboxylic acids is 1. The van der Waals surface area contributed by atoms with Crippen LogP contribution in [0.3, 0.4) is 0 Å². The van der Waals surface area contributed by atoms with Crippen LogP contribution in [0.5, 0.6) is 5.75 Å². The third kappa shape index (κ3) is 2.28. The number of aromatic hydroxyl groups is 1. The number of carbonyl (C=O) groups is 1. The topological polar surface area (TPSA) is 37.3 Å². The molecule has 0 aromatic heterocycles. The molecule has 0 aliphatic heterocycles. The van der Waals surface area contributed by atoms with Crippen LogP contribution in [0.2, 0.25) is 0 Å². The molecule has 0 saturated heterocycles. The Balaban J connectivity index is 2.33. The molecule has 1 aromatic rings. The van der Waals surface area contributed by atoms with Gasteiger partial charge in [-0.05, 0) is 34.7 Å². The van der Waals surface area contributed by atoms with E-state index < -0.39 is 5.41 Å². The fraction of sp³-hybridized carbons (Fsp3) is 0.640. The Kier molecular flexibility index (Phi) is 4.10. The molecular weight excluding hydrogens is 332 g/mol. The number of rotatable bonds is 1. The lowest BCUT2D eigenvalue weighted by Crippen LogP contribution is -2.57. The van der Waals surface area contributed by atoms with Crippen LogP contribution in [0.15, 0.2) is 29.8 Å². The van der Waals surface area contributed by atoms with Crippen molar-refractivity contribution in [1.29, 1.82) is 0 Å². The zero-order valence-corrected chi connectivity index (χ0v) is 18.5. The molecule has 3 rings (SSSR count). The van der Waals surface area contributed by atoms with Crippen LogP contribution in [0, 0.1) is 33.0 Å². The lowest BCUT2D eigenvalue weighted by Gasteiger charge is -2.56. The minimum absolute atomic E-state index is 0.124. The Labute approximate surface area is 165 Å². The molecule has 0 heterocycles. The second-order valence-corrected chi connectivity index (χ2v) is 11.6. The van der Waals surface area contributed by atoms with Crippen molar-refractivity contribution in [3.63, 3.8) is 0 Å². The zero-order valence-electron chi connectivity index (χ0n) is 18.5. The van der Waals surface area contributed by atoms with Gasteiger partial charge in [0, 0.05) is 16.4 Å². The van der Waals surface area contributed by atoms with Crippen molar-refractivity contribution in [2.24, 2.45) is 33.0 Å². The number of para-hydroxylation sites is 1. The van der Waals surface area contributed by atoms with Gasteiger partial charge in [-0.2, -0.15) is 0 Å². The van der Waals surface area contributed by atoms with E-state index in [0.29, 0.717) is 11.5 Å². The molecule has 2 fully saturated rings. The van der Waals surface area contributed by atoms with Crippen LogP contribution in [0.4, 0.5) is 0 Å². The number of ketones is 1. The van der Waals surface area contributed by atoms with Crippen molar-refractivity contribution in [3.05, 3.63) is 35.4 Å². The van der Waals surface area contributed by atoms with Gasteiger partial charge in [0.25, 0.3) is 0 Å². The summed E-state index contributed by atoms with van der Waals surface area (Å²) in [6.07, 6.45) is 2.94. The number of allylic oxidation sites excluding steroid dienone is 1. The molecule has 1 aromatic carbocycles. The monoisotopic (exact) mass is 368 g/mol. The number of benzene rings is 1. The van der Waals surface area contributed by atoms with Crippen LogP contribution in [0.25, 0.3) is 6.08 Å². The molecule has 27 heavy (non-hydrogen) atoms. The van der Waals surface area contributed by atoms with E-state index in [9.17, 15) is 9.90 Å². The SMILES string of the molecule is CC(C)(C)C1(C(C)(C)C)C(=O)C2(C)C/C(=C/c3ccccc3O)C1C2(C)C. The molecule has 148 valence electrons. The highest BCUT2D eigenvalue weighted by Crippen LogP contribution is 2.79. The maximum atomic E-state index is 14.1. The second kappa shape index (κ2) is 5.49. The van der Waals surface area contributed by atoms with Crippen molar-refractivity contribution < 1.29 is 9.90 Å². The minimum atomic E-state index is -0.452. The molecular formula is C25H36O2. The molecule has 2 heteroatoms. The van der Waals surface area contributed by atoms with E-state index in [1.54, 1.807) is 6.07 Å². The first-order valence-electron chi connectivity index (χ1n) is 10.2. The van der Waals surface area contributed by atoms with Crippen LogP contribution in [-0.4, -0.2) is 10.9 Å². The van der Waals surface area contributed by atoms with Gasteiger partial charge in [0.2, 0.25) is 0 Å². The van der Waals surface area contributed by atoms with Crippen molar-refractivity contribution >= 4 is 11.9 Å². The van der Waals surface area contributed by atoms with Crippen LogP contribution in [-0.2, 0) is 4.79 Å². The Morgan fingerprint density at radius 3 is 1.96 bits per heavy atom. The van der Waals surface area contributed by atoms with Gasteiger partial charge in [-0.15, -0.1) is 0 Å². The van der Waals surface area contributed by atoms with Gasteiger partial charge in [-0.25, -0.2) is 0 Å². The highest BCUT2D eigenvalue weighted by Gasteiger charge is 2.79. The van der Waals surface area contributed by atoms with E-state index in [4.69, 9.17) is 0 Å². The highest BCUT2D eigenvalue weighted by atomic mass is 16.3. The van der Waals surface area contributed by atoms with Crippen molar-refractivity contribution in [2.45, 2.75) is 68.7 Å². The van der Waals surface area contributed by atoms with E-state index in [2.05, 4.69) is 68.4 Å². The molecule has 2 atom stereocenters. The molecule has 2 unspecified atom stereocenters. The summed E-state index contributed by atoms with van der Waals surface area (Å²) in [6.45, 7) is 20.1. The van der Waals surface area contributed by atoms with Gasteiger partial charge >= 0.3 is 0 Å². The van der Waals surface area contributed by atoms with Gasteiger partial charge in [0.05, 0.1) is 0 Å². The van der Waals surface area contributed by atoms with Crippen LogP contribution >= 0.6 is 0 Å². The maximum Gasteiger partial charge on any atom is 0.147 e. The summed E-state index contributed by atoms with van der Waals surface area (Å²) in [5.74, 6) is 0.890. The van der Waals surface area contributed by atoms with Gasteiger partial charge in [-0.1, -0.05) is 92.2 Å². The van der Waals surface area contributed by atoms with Gasteiger partial charge in [0.1, 0.15) is 11.5 Å². The van der Waals surface area contributed by atoms with Gasteiger partial charge < -0.3 is 5.11 Å². The molecule has 2 bridgehead atoms. The largest absolute Gasteiger partial charge is 0.507 e. The Hall–Kier alpha value is -1.57. The second-order valence-electron chi connectivity index (χ2n) is 11.6. The third-order valence-electron chi connectivity index (χ3n) is 8.01. The van der Waals surface area contributed by atoms with Crippen molar-refractivity contribution in [3.8, 4) is 5.75 Å². The summed E-state index contributed by atoms with van der Waals surface area (Å²) in [5, 5.41) is 10.3. The third-order valence-corrected chi connectivity index (χ3v) is 8.01. The Morgan fingerprint density at radius 2 is 1.52 bits per heavy atom.